The monoisotopic (exact) mass is 166 g/mol. The predicted octanol–water partition coefficient (Wildman–Crippen LogP) is 1.41. The van der Waals surface area contributed by atoms with Crippen LogP contribution in [-0.2, 0) is 4.74 Å². The summed E-state index contributed by atoms with van der Waals surface area (Å²) in [6, 6.07) is 3.86. The third-order valence-corrected chi connectivity index (χ3v) is 1.82. The minimum Gasteiger partial charge on any atom is -0.384 e. The van der Waals surface area contributed by atoms with E-state index in [1.165, 1.54) is 0 Å². The molecule has 0 bridgehead atoms. The van der Waals surface area contributed by atoms with Crippen LogP contribution >= 0.6 is 0 Å². The highest BCUT2D eigenvalue weighted by molar-refractivity contribution is 5.40. The van der Waals surface area contributed by atoms with Gasteiger partial charge in [-0.15, -0.1) is 0 Å². The molecular formula is C9H14N2O. The first kappa shape index (κ1) is 9.00. The molecule has 0 spiro atoms. The summed E-state index contributed by atoms with van der Waals surface area (Å²) in [6.45, 7) is 2.74. The van der Waals surface area contributed by atoms with Gasteiger partial charge in [0.15, 0.2) is 0 Å². The molecule has 0 radical (unpaired) electrons. The van der Waals surface area contributed by atoms with Gasteiger partial charge in [-0.3, -0.25) is 0 Å². The van der Waals surface area contributed by atoms with E-state index in [1.807, 2.05) is 12.1 Å². The lowest BCUT2D eigenvalue weighted by Gasteiger charge is -2.11. The Bertz CT molecular complexity index is 250. The SMILES string of the molecule is COCC(C)c1cccnc1N. The van der Waals surface area contributed by atoms with E-state index < -0.39 is 0 Å². The van der Waals surface area contributed by atoms with Crippen LogP contribution in [0.25, 0.3) is 0 Å². The lowest BCUT2D eigenvalue weighted by molar-refractivity contribution is 0.184. The van der Waals surface area contributed by atoms with E-state index in [9.17, 15) is 0 Å². The summed E-state index contributed by atoms with van der Waals surface area (Å²) >= 11 is 0. The van der Waals surface area contributed by atoms with Crippen LogP contribution in [0.5, 0.6) is 0 Å². The second-order valence-electron chi connectivity index (χ2n) is 2.83. The molecule has 1 aromatic heterocycles. The highest BCUT2D eigenvalue weighted by Gasteiger charge is 2.07. The summed E-state index contributed by atoms with van der Waals surface area (Å²) in [5.74, 6) is 0.908. The van der Waals surface area contributed by atoms with Crippen molar-refractivity contribution in [3.05, 3.63) is 23.9 Å². The second kappa shape index (κ2) is 4.07. The molecule has 1 atom stereocenters. The summed E-state index contributed by atoms with van der Waals surface area (Å²) in [5, 5.41) is 0. The minimum absolute atomic E-state index is 0.309. The largest absolute Gasteiger partial charge is 0.384 e. The van der Waals surface area contributed by atoms with Crippen LogP contribution < -0.4 is 5.73 Å². The Morgan fingerprint density at radius 2 is 2.42 bits per heavy atom. The summed E-state index contributed by atoms with van der Waals surface area (Å²) < 4.78 is 5.03. The fourth-order valence-electron chi connectivity index (χ4n) is 1.19. The van der Waals surface area contributed by atoms with Gasteiger partial charge in [0.2, 0.25) is 0 Å². The van der Waals surface area contributed by atoms with E-state index >= 15 is 0 Å². The molecule has 0 aliphatic heterocycles. The van der Waals surface area contributed by atoms with Crippen molar-refractivity contribution in [3.63, 3.8) is 0 Å². The normalized spacial score (nSPS) is 12.8. The van der Waals surface area contributed by atoms with Gasteiger partial charge in [0, 0.05) is 19.2 Å². The molecule has 2 N–H and O–H groups in total. The Morgan fingerprint density at radius 1 is 1.67 bits per heavy atom. The summed E-state index contributed by atoms with van der Waals surface area (Å²) in [4.78, 5) is 4.00. The maximum atomic E-state index is 5.69. The van der Waals surface area contributed by atoms with Crippen molar-refractivity contribution in [3.8, 4) is 0 Å². The molecule has 0 amide bonds. The van der Waals surface area contributed by atoms with Crippen LogP contribution in [0.15, 0.2) is 18.3 Å². The van der Waals surface area contributed by atoms with Crippen molar-refractivity contribution in [1.82, 2.24) is 4.98 Å². The summed E-state index contributed by atoms with van der Waals surface area (Å²) in [5.41, 5.74) is 6.74. The molecule has 1 aromatic rings. The molecule has 0 aromatic carbocycles. The number of anilines is 1. The van der Waals surface area contributed by atoms with E-state index in [0.29, 0.717) is 18.3 Å². The van der Waals surface area contributed by atoms with Crippen molar-refractivity contribution in [2.75, 3.05) is 19.5 Å². The van der Waals surface area contributed by atoms with Crippen LogP contribution in [0.2, 0.25) is 0 Å². The summed E-state index contributed by atoms with van der Waals surface area (Å²) in [6.07, 6.45) is 1.69. The average molecular weight is 166 g/mol. The molecule has 3 nitrogen and oxygen atoms in total. The standard InChI is InChI=1S/C9H14N2O/c1-7(6-12-2)8-4-3-5-11-9(8)10/h3-5,7H,6H2,1-2H3,(H2,10,11). The number of nitrogen functional groups attached to an aromatic ring is 1. The van der Waals surface area contributed by atoms with E-state index in [-0.39, 0.29) is 0 Å². The zero-order valence-corrected chi connectivity index (χ0v) is 7.45. The van der Waals surface area contributed by atoms with Gasteiger partial charge in [-0.1, -0.05) is 13.0 Å². The van der Waals surface area contributed by atoms with Crippen LogP contribution in [-0.4, -0.2) is 18.7 Å². The molecule has 0 aliphatic rings. The Hall–Kier alpha value is -1.09. The smallest absolute Gasteiger partial charge is 0.126 e. The highest BCUT2D eigenvalue weighted by Crippen LogP contribution is 2.19. The molecule has 12 heavy (non-hydrogen) atoms. The van der Waals surface area contributed by atoms with Crippen molar-refractivity contribution < 1.29 is 4.74 Å². The maximum Gasteiger partial charge on any atom is 0.126 e. The van der Waals surface area contributed by atoms with Crippen LogP contribution in [0.1, 0.15) is 18.4 Å². The zero-order chi connectivity index (χ0) is 8.97. The fraction of sp³-hybridized carbons (Fsp3) is 0.444. The van der Waals surface area contributed by atoms with Crippen molar-refractivity contribution in [2.45, 2.75) is 12.8 Å². The van der Waals surface area contributed by atoms with Gasteiger partial charge in [-0.2, -0.15) is 0 Å². The van der Waals surface area contributed by atoms with E-state index in [1.54, 1.807) is 13.3 Å². The molecule has 0 fully saturated rings. The van der Waals surface area contributed by atoms with E-state index in [2.05, 4.69) is 11.9 Å². The lowest BCUT2D eigenvalue weighted by atomic mass is 10.0. The first-order chi connectivity index (χ1) is 5.75. The molecule has 0 saturated heterocycles. The number of pyridine rings is 1. The first-order valence-corrected chi connectivity index (χ1v) is 3.95. The number of rotatable bonds is 3. The van der Waals surface area contributed by atoms with Crippen LogP contribution in [0.3, 0.4) is 0 Å². The van der Waals surface area contributed by atoms with Gasteiger partial charge in [0.05, 0.1) is 6.61 Å². The highest BCUT2D eigenvalue weighted by atomic mass is 16.5. The predicted molar refractivity (Wildman–Crippen MR) is 48.9 cm³/mol. The molecular weight excluding hydrogens is 152 g/mol. The maximum absolute atomic E-state index is 5.69. The van der Waals surface area contributed by atoms with Crippen molar-refractivity contribution >= 4 is 5.82 Å². The lowest BCUT2D eigenvalue weighted by Crippen LogP contribution is -2.06. The van der Waals surface area contributed by atoms with Gasteiger partial charge in [-0.05, 0) is 11.6 Å². The van der Waals surface area contributed by atoms with Gasteiger partial charge in [0.25, 0.3) is 0 Å². The zero-order valence-electron chi connectivity index (χ0n) is 7.45. The van der Waals surface area contributed by atoms with Gasteiger partial charge in [-0.25, -0.2) is 4.98 Å². The number of ether oxygens (including phenoxy) is 1. The molecule has 1 rings (SSSR count). The van der Waals surface area contributed by atoms with Crippen molar-refractivity contribution in [1.29, 1.82) is 0 Å². The second-order valence-corrected chi connectivity index (χ2v) is 2.83. The topological polar surface area (TPSA) is 48.1 Å². The third-order valence-electron chi connectivity index (χ3n) is 1.82. The van der Waals surface area contributed by atoms with E-state index in [0.717, 1.165) is 5.56 Å². The fourth-order valence-corrected chi connectivity index (χ4v) is 1.19. The quantitative estimate of drug-likeness (QED) is 0.738. The van der Waals surface area contributed by atoms with Gasteiger partial charge < -0.3 is 10.5 Å². The molecule has 1 unspecified atom stereocenters. The molecule has 1 heterocycles. The average Bonchev–Trinajstić information content (AvgIpc) is 2.05. The number of aromatic nitrogens is 1. The number of nitrogens with two attached hydrogens (primary N) is 1. The molecule has 66 valence electrons. The van der Waals surface area contributed by atoms with Crippen molar-refractivity contribution in [2.24, 2.45) is 0 Å². The Balaban J connectivity index is 2.79. The first-order valence-electron chi connectivity index (χ1n) is 3.95. The Morgan fingerprint density at radius 3 is 3.00 bits per heavy atom. The number of hydrogen-bond acceptors (Lipinski definition) is 3. The minimum atomic E-state index is 0.309. The number of nitrogens with zero attached hydrogens (tertiary/aromatic N) is 1. The number of hydrogen-bond donors (Lipinski definition) is 1. The molecule has 0 saturated carbocycles. The Kier molecular flexibility index (Phi) is 3.05. The van der Waals surface area contributed by atoms with Gasteiger partial charge in [0.1, 0.15) is 5.82 Å². The third kappa shape index (κ3) is 1.95. The van der Waals surface area contributed by atoms with Crippen LogP contribution in [0.4, 0.5) is 5.82 Å². The van der Waals surface area contributed by atoms with E-state index in [4.69, 9.17) is 10.5 Å². The summed E-state index contributed by atoms with van der Waals surface area (Å²) in [7, 11) is 1.68. The van der Waals surface area contributed by atoms with Crippen LogP contribution in [0, 0.1) is 0 Å². The molecule has 0 aliphatic carbocycles. The van der Waals surface area contributed by atoms with Gasteiger partial charge >= 0.3 is 0 Å². The Labute approximate surface area is 72.6 Å². The molecule has 3 heteroatoms. The number of methoxy groups -OCH3 is 1.